The topological polar surface area (TPSA) is 78.6 Å². The summed E-state index contributed by atoms with van der Waals surface area (Å²) in [7, 11) is 1.36. The average molecular weight is 268 g/mol. The lowest BCUT2D eigenvalue weighted by Gasteiger charge is -2.03. The molecule has 2 aromatic rings. The monoisotopic (exact) mass is 268 g/mol. The second-order valence-electron chi connectivity index (χ2n) is 4.00. The number of ether oxygens (including phenoxy) is 2. The Bertz CT molecular complexity index is 573. The molecular weight excluding hydrogens is 256 g/mol. The van der Waals surface area contributed by atoms with Gasteiger partial charge in [0.25, 0.3) is 0 Å². The Kier molecular flexibility index (Phi) is 2.96. The van der Waals surface area contributed by atoms with E-state index in [4.69, 9.17) is 4.74 Å². The Morgan fingerprint density at radius 2 is 2.50 bits per heavy atom. The standard InChI is InChI=1S/C10H12N4O3S/c1-16-8(15)5-7-13-14-9(6-3-2-4-17-6)11-12-10(14)18-7/h6H,2-5H2,1H3. The molecule has 7 nitrogen and oxygen atoms in total. The Morgan fingerprint density at radius 3 is 3.22 bits per heavy atom. The van der Waals surface area contributed by atoms with Gasteiger partial charge in [0.1, 0.15) is 11.1 Å². The van der Waals surface area contributed by atoms with Crippen LogP contribution in [0.5, 0.6) is 0 Å². The lowest BCUT2D eigenvalue weighted by atomic mass is 10.2. The van der Waals surface area contributed by atoms with E-state index in [0.717, 1.165) is 25.3 Å². The van der Waals surface area contributed by atoms with E-state index in [1.54, 1.807) is 4.52 Å². The van der Waals surface area contributed by atoms with E-state index in [1.807, 2.05) is 0 Å². The van der Waals surface area contributed by atoms with E-state index in [9.17, 15) is 4.79 Å². The largest absolute Gasteiger partial charge is 0.469 e. The van der Waals surface area contributed by atoms with Gasteiger partial charge in [-0.3, -0.25) is 4.79 Å². The Morgan fingerprint density at radius 1 is 1.61 bits per heavy atom. The van der Waals surface area contributed by atoms with Gasteiger partial charge in [-0.15, -0.1) is 10.2 Å². The summed E-state index contributed by atoms with van der Waals surface area (Å²) in [6.07, 6.45) is 2.09. The normalized spacial score (nSPS) is 19.5. The predicted octanol–water partition coefficient (Wildman–Crippen LogP) is 0.753. The molecule has 0 aliphatic carbocycles. The van der Waals surface area contributed by atoms with E-state index < -0.39 is 0 Å². The van der Waals surface area contributed by atoms with Crippen LogP contribution in [0.1, 0.15) is 29.8 Å². The zero-order valence-electron chi connectivity index (χ0n) is 9.83. The molecule has 3 rings (SSSR count). The molecule has 2 aromatic heterocycles. The first-order valence-corrected chi connectivity index (χ1v) is 6.49. The molecule has 1 aliphatic rings. The van der Waals surface area contributed by atoms with Crippen LogP contribution >= 0.6 is 11.3 Å². The maximum atomic E-state index is 11.2. The molecule has 3 heterocycles. The van der Waals surface area contributed by atoms with Gasteiger partial charge in [0.05, 0.1) is 13.5 Å². The lowest BCUT2D eigenvalue weighted by Crippen LogP contribution is -2.06. The van der Waals surface area contributed by atoms with E-state index >= 15 is 0 Å². The summed E-state index contributed by atoms with van der Waals surface area (Å²) < 4.78 is 11.8. The number of carbonyl (C=O) groups is 1. The third kappa shape index (κ3) is 1.97. The minimum absolute atomic E-state index is 0.0342. The molecule has 0 radical (unpaired) electrons. The van der Waals surface area contributed by atoms with Gasteiger partial charge < -0.3 is 9.47 Å². The van der Waals surface area contributed by atoms with Crippen LogP contribution < -0.4 is 0 Å². The Hall–Kier alpha value is -1.54. The van der Waals surface area contributed by atoms with E-state index in [0.29, 0.717) is 9.97 Å². The van der Waals surface area contributed by atoms with Gasteiger partial charge in [-0.2, -0.15) is 9.61 Å². The molecule has 1 atom stereocenters. The van der Waals surface area contributed by atoms with Crippen LogP contribution in [-0.4, -0.2) is 39.5 Å². The van der Waals surface area contributed by atoms with Gasteiger partial charge in [-0.25, -0.2) is 0 Å². The van der Waals surface area contributed by atoms with Crippen molar-refractivity contribution in [3.63, 3.8) is 0 Å². The zero-order chi connectivity index (χ0) is 12.5. The predicted molar refractivity (Wildman–Crippen MR) is 62.3 cm³/mol. The van der Waals surface area contributed by atoms with Crippen molar-refractivity contribution in [1.82, 2.24) is 19.8 Å². The highest BCUT2D eigenvalue weighted by Crippen LogP contribution is 2.28. The first kappa shape index (κ1) is 11.5. The fourth-order valence-corrected chi connectivity index (χ4v) is 2.75. The van der Waals surface area contributed by atoms with Crippen molar-refractivity contribution < 1.29 is 14.3 Å². The summed E-state index contributed by atoms with van der Waals surface area (Å²) >= 11 is 1.34. The molecule has 0 amide bonds. The summed E-state index contributed by atoms with van der Waals surface area (Å²) in [4.78, 5) is 11.9. The molecule has 1 saturated heterocycles. The smallest absolute Gasteiger partial charge is 0.312 e. The third-order valence-electron chi connectivity index (χ3n) is 2.80. The number of methoxy groups -OCH3 is 1. The van der Waals surface area contributed by atoms with Crippen LogP contribution in [0, 0.1) is 0 Å². The minimum atomic E-state index is -0.307. The van der Waals surface area contributed by atoms with Crippen molar-refractivity contribution >= 4 is 22.3 Å². The Balaban J connectivity index is 1.90. The lowest BCUT2D eigenvalue weighted by molar-refractivity contribution is -0.139. The number of nitrogens with zero attached hydrogens (tertiary/aromatic N) is 4. The fourth-order valence-electron chi connectivity index (χ4n) is 1.92. The molecule has 0 spiro atoms. The second-order valence-corrected chi connectivity index (χ2v) is 5.04. The Labute approximate surface area is 107 Å². The van der Waals surface area contributed by atoms with Gasteiger partial charge in [0, 0.05) is 6.61 Å². The van der Waals surface area contributed by atoms with Crippen molar-refractivity contribution in [3.8, 4) is 0 Å². The molecule has 1 unspecified atom stereocenters. The second kappa shape index (κ2) is 4.62. The molecule has 0 aromatic carbocycles. The summed E-state index contributed by atoms with van der Waals surface area (Å²) in [6.45, 7) is 0.749. The molecule has 1 fully saturated rings. The van der Waals surface area contributed by atoms with Crippen LogP contribution in [0.3, 0.4) is 0 Å². The van der Waals surface area contributed by atoms with Crippen LogP contribution in [0.15, 0.2) is 0 Å². The van der Waals surface area contributed by atoms with Crippen LogP contribution in [0.4, 0.5) is 0 Å². The van der Waals surface area contributed by atoms with Crippen LogP contribution in [0.25, 0.3) is 4.96 Å². The van der Waals surface area contributed by atoms with Crippen molar-refractivity contribution in [2.75, 3.05) is 13.7 Å². The van der Waals surface area contributed by atoms with Crippen LogP contribution in [-0.2, 0) is 20.7 Å². The minimum Gasteiger partial charge on any atom is -0.469 e. The average Bonchev–Trinajstić information content (AvgIpc) is 3.03. The maximum absolute atomic E-state index is 11.2. The molecular formula is C10H12N4O3S. The number of hydrogen-bond acceptors (Lipinski definition) is 7. The molecule has 1 aliphatic heterocycles. The van der Waals surface area contributed by atoms with Crippen LogP contribution in [0.2, 0.25) is 0 Å². The number of rotatable bonds is 3. The first-order chi connectivity index (χ1) is 8.78. The molecule has 0 N–H and O–H groups in total. The molecule has 96 valence electrons. The zero-order valence-corrected chi connectivity index (χ0v) is 10.6. The highest BCUT2D eigenvalue weighted by atomic mass is 32.1. The summed E-state index contributed by atoms with van der Waals surface area (Å²) in [5.74, 6) is 0.411. The number of carbonyl (C=O) groups excluding carboxylic acids is 1. The molecule has 0 saturated carbocycles. The maximum Gasteiger partial charge on any atom is 0.312 e. The third-order valence-corrected chi connectivity index (χ3v) is 3.70. The van der Waals surface area contributed by atoms with Crippen molar-refractivity contribution in [1.29, 1.82) is 0 Å². The van der Waals surface area contributed by atoms with Crippen molar-refractivity contribution in [2.45, 2.75) is 25.4 Å². The number of hydrogen-bond donors (Lipinski definition) is 0. The van der Waals surface area contributed by atoms with Gasteiger partial charge in [0.2, 0.25) is 4.96 Å². The first-order valence-electron chi connectivity index (χ1n) is 5.67. The number of esters is 1. The van der Waals surface area contributed by atoms with Gasteiger partial charge >= 0.3 is 5.97 Å². The summed E-state index contributed by atoms with van der Waals surface area (Å²) in [5.41, 5.74) is 0. The number of fused-ring (bicyclic) bond motifs is 1. The van der Waals surface area contributed by atoms with E-state index in [-0.39, 0.29) is 18.5 Å². The summed E-state index contributed by atoms with van der Waals surface area (Å²) in [5, 5.41) is 13.2. The molecule has 0 bridgehead atoms. The van der Waals surface area contributed by atoms with E-state index in [2.05, 4.69) is 20.0 Å². The van der Waals surface area contributed by atoms with Crippen molar-refractivity contribution in [2.24, 2.45) is 0 Å². The quantitative estimate of drug-likeness (QED) is 0.764. The van der Waals surface area contributed by atoms with Crippen molar-refractivity contribution in [3.05, 3.63) is 10.8 Å². The van der Waals surface area contributed by atoms with Gasteiger partial charge in [-0.05, 0) is 12.8 Å². The van der Waals surface area contributed by atoms with E-state index in [1.165, 1.54) is 18.4 Å². The highest BCUT2D eigenvalue weighted by Gasteiger charge is 2.25. The SMILES string of the molecule is COC(=O)Cc1nn2c(C3CCCO3)nnc2s1. The van der Waals surface area contributed by atoms with Gasteiger partial charge in [0.15, 0.2) is 5.82 Å². The fraction of sp³-hybridized carbons (Fsp3) is 0.600. The van der Waals surface area contributed by atoms with Gasteiger partial charge in [-0.1, -0.05) is 11.3 Å². The number of aromatic nitrogens is 4. The molecule has 8 heteroatoms. The summed E-state index contributed by atoms with van der Waals surface area (Å²) in [6, 6.07) is 0. The molecule has 18 heavy (non-hydrogen) atoms. The highest BCUT2D eigenvalue weighted by molar-refractivity contribution is 7.16.